The first kappa shape index (κ1) is 18.9. The van der Waals surface area contributed by atoms with Gasteiger partial charge in [-0.2, -0.15) is 23.4 Å². The second-order valence-electron chi connectivity index (χ2n) is 7.08. The smallest absolute Gasteiger partial charge is 0.361 e. The number of hydrogen-bond acceptors (Lipinski definition) is 3. The van der Waals surface area contributed by atoms with Crippen LogP contribution in [0.5, 0.6) is 0 Å². The van der Waals surface area contributed by atoms with Gasteiger partial charge in [-0.15, -0.1) is 0 Å². The molecule has 3 N–H and O–H groups in total. The fraction of sp³-hybridized carbons (Fsp3) is 0.0952. The third-order valence-electron chi connectivity index (χ3n) is 5.17. The first-order valence-corrected chi connectivity index (χ1v) is 9.27. The Bertz CT molecular complexity index is 1440. The molecule has 0 saturated heterocycles. The Balaban J connectivity index is 1.62. The van der Waals surface area contributed by atoms with E-state index in [0.717, 1.165) is 26.7 Å². The van der Waals surface area contributed by atoms with Gasteiger partial charge in [0, 0.05) is 29.5 Å². The Labute approximate surface area is 172 Å². The molecule has 3 heterocycles. The van der Waals surface area contributed by atoms with Crippen molar-refractivity contribution in [1.29, 1.82) is 0 Å². The van der Waals surface area contributed by atoms with E-state index in [4.69, 9.17) is 0 Å². The van der Waals surface area contributed by atoms with Crippen LogP contribution in [0.4, 0.5) is 18.9 Å². The summed E-state index contributed by atoms with van der Waals surface area (Å²) >= 11 is 0. The molecule has 5 rings (SSSR count). The lowest BCUT2D eigenvalue weighted by atomic mass is 9.99. The number of alkyl halides is 3. The molecule has 0 radical (unpaired) electrons. The highest BCUT2D eigenvalue weighted by Gasteiger charge is 2.38. The molecule has 0 aliphatic rings. The van der Waals surface area contributed by atoms with Gasteiger partial charge in [0.2, 0.25) is 0 Å². The minimum Gasteiger partial charge on any atom is -0.361 e. The number of amides is 1. The van der Waals surface area contributed by atoms with Crippen LogP contribution in [0.2, 0.25) is 0 Å². The van der Waals surface area contributed by atoms with Crippen molar-refractivity contribution in [3.63, 3.8) is 0 Å². The number of carbonyl (C=O) groups excluding carboxylic acids is 1. The summed E-state index contributed by atoms with van der Waals surface area (Å²) < 4.78 is 40.9. The van der Waals surface area contributed by atoms with E-state index in [0.29, 0.717) is 22.8 Å². The molecule has 31 heavy (non-hydrogen) atoms. The predicted molar refractivity (Wildman–Crippen MR) is 110 cm³/mol. The standard InChI is InChI=1S/C21H15F3N6O/c1-30-19(15(10-27-30)21(22,23)24)20(31)28-17-7-11(8-18-14(17)9-26-29-18)12-3-2-4-16-13(12)5-6-25-16/h2-10,25H,1H3,(H,26,29)(H,28,31). The minimum absolute atomic E-state index is 0.341. The largest absolute Gasteiger partial charge is 0.420 e. The Hall–Kier alpha value is -4.08. The van der Waals surface area contributed by atoms with Crippen molar-refractivity contribution in [2.45, 2.75) is 6.18 Å². The minimum atomic E-state index is -4.70. The zero-order valence-electron chi connectivity index (χ0n) is 16.1. The average Bonchev–Trinajstić information content (AvgIpc) is 3.45. The van der Waals surface area contributed by atoms with Crippen LogP contribution in [0.1, 0.15) is 16.1 Å². The Morgan fingerprint density at radius 3 is 2.74 bits per heavy atom. The molecule has 0 spiro atoms. The average molecular weight is 424 g/mol. The van der Waals surface area contributed by atoms with E-state index in [2.05, 4.69) is 25.6 Å². The van der Waals surface area contributed by atoms with Crippen LogP contribution in [0.3, 0.4) is 0 Å². The van der Waals surface area contributed by atoms with Crippen LogP contribution < -0.4 is 5.32 Å². The van der Waals surface area contributed by atoms with E-state index in [9.17, 15) is 18.0 Å². The number of nitrogens with one attached hydrogen (secondary N) is 3. The molecular weight excluding hydrogens is 409 g/mol. The number of nitrogens with zero attached hydrogens (tertiary/aromatic N) is 3. The number of fused-ring (bicyclic) bond motifs is 2. The van der Waals surface area contributed by atoms with Gasteiger partial charge in [0.25, 0.3) is 5.91 Å². The fourth-order valence-corrected chi connectivity index (χ4v) is 3.74. The zero-order chi connectivity index (χ0) is 21.8. The molecule has 0 atom stereocenters. The number of aromatic amines is 2. The van der Waals surface area contributed by atoms with E-state index in [-0.39, 0.29) is 0 Å². The number of aryl methyl sites for hydroxylation is 1. The monoisotopic (exact) mass is 424 g/mol. The van der Waals surface area contributed by atoms with E-state index in [1.807, 2.05) is 36.5 Å². The number of aromatic nitrogens is 5. The SMILES string of the molecule is Cn1ncc(C(F)(F)F)c1C(=O)Nc1cc(-c2cccc3[nH]ccc23)cc2[nH]ncc12. The van der Waals surface area contributed by atoms with E-state index in [1.54, 1.807) is 6.07 Å². The number of rotatable bonds is 3. The number of carbonyl (C=O) groups is 1. The number of H-pyrrole nitrogens is 2. The topological polar surface area (TPSA) is 91.4 Å². The Kier molecular flexibility index (Phi) is 4.10. The van der Waals surface area contributed by atoms with Gasteiger partial charge in [-0.05, 0) is 35.4 Å². The lowest BCUT2D eigenvalue weighted by Crippen LogP contribution is -2.21. The maximum atomic E-state index is 13.3. The molecule has 0 fully saturated rings. The molecule has 156 valence electrons. The summed E-state index contributed by atoms with van der Waals surface area (Å²) in [6, 6.07) is 11.3. The van der Waals surface area contributed by atoms with Crippen LogP contribution in [-0.2, 0) is 13.2 Å². The Morgan fingerprint density at radius 2 is 1.94 bits per heavy atom. The van der Waals surface area contributed by atoms with E-state index < -0.39 is 23.3 Å². The van der Waals surface area contributed by atoms with Crippen LogP contribution in [0, 0.1) is 0 Å². The summed E-state index contributed by atoms with van der Waals surface area (Å²) in [5, 5.41) is 14.6. The van der Waals surface area contributed by atoms with Crippen LogP contribution in [-0.4, -0.2) is 30.9 Å². The van der Waals surface area contributed by atoms with Crippen LogP contribution in [0.15, 0.2) is 55.0 Å². The van der Waals surface area contributed by atoms with Gasteiger partial charge in [0.05, 0.1) is 23.6 Å². The zero-order valence-corrected chi connectivity index (χ0v) is 16.1. The predicted octanol–water partition coefficient (Wildman–Crippen LogP) is 4.72. The third-order valence-corrected chi connectivity index (χ3v) is 5.17. The Morgan fingerprint density at radius 1 is 1.10 bits per heavy atom. The molecule has 7 nitrogen and oxygen atoms in total. The van der Waals surface area contributed by atoms with Gasteiger partial charge in [0.15, 0.2) is 0 Å². The van der Waals surface area contributed by atoms with Crippen molar-refractivity contribution in [3.05, 3.63) is 66.2 Å². The maximum absolute atomic E-state index is 13.3. The number of hydrogen-bond donors (Lipinski definition) is 3. The van der Waals surface area contributed by atoms with Crippen molar-refractivity contribution in [2.75, 3.05) is 5.32 Å². The fourth-order valence-electron chi connectivity index (χ4n) is 3.74. The molecule has 1 amide bonds. The van der Waals surface area contributed by atoms with Gasteiger partial charge in [-0.3, -0.25) is 14.6 Å². The summed E-state index contributed by atoms with van der Waals surface area (Å²) in [5.41, 5.74) is 1.94. The summed E-state index contributed by atoms with van der Waals surface area (Å²) in [5.74, 6) is -0.910. The maximum Gasteiger partial charge on any atom is 0.420 e. The van der Waals surface area contributed by atoms with Crippen LogP contribution >= 0.6 is 0 Å². The molecule has 0 saturated carbocycles. The molecule has 0 aliphatic carbocycles. The van der Waals surface area contributed by atoms with Crippen molar-refractivity contribution >= 4 is 33.4 Å². The third kappa shape index (κ3) is 3.12. The van der Waals surface area contributed by atoms with Crippen molar-refractivity contribution in [2.24, 2.45) is 7.05 Å². The van der Waals surface area contributed by atoms with Crippen molar-refractivity contribution < 1.29 is 18.0 Å². The molecule has 10 heteroatoms. The lowest BCUT2D eigenvalue weighted by Gasteiger charge is -2.12. The molecule has 0 unspecified atom stereocenters. The number of benzene rings is 2. The summed E-state index contributed by atoms with van der Waals surface area (Å²) in [6.45, 7) is 0. The molecule has 0 bridgehead atoms. The normalized spacial score (nSPS) is 12.0. The van der Waals surface area contributed by atoms with Gasteiger partial charge < -0.3 is 10.3 Å². The van der Waals surface area contributed by atoms with E-state index >= 15 is 0 Å². The summed E-state index contributed by atoms with van der Waals surface area (Å²) in [4.78, 5) is 16.0. The summed E-state index contributed by atoms with van der Waals surface area (Å²) in [6.07, 6.45) is -0.713. The quantitative estimate of drug-likeness (QED) is 0.392. The lowest BCUT2D eigenvalue weighted by molar-refractivity contribution is -0.138. The number of halogens is 3. The second-order valence-corrected chi connectivity index (χ2v) is 7.08. The van der Waals surface area contributed by atoms with Crippen molar-refractivity contribution in [3.8, 4) is 11.1 Å². The van der Waals surface area contributed by atoms with E-state index in [1.165, 1.54) is 13.2 Å². The first-order chi connectivity index (χ1) is 14.8. The van der Waals surface area contributed by atoms with Crippen molar-refractivity contribution in [1.82, 2.24) is 25.0 Å². The second kappa shape index (κ2) is 6.73. The number of anilines is 1. The van der Waals surface area contributed by atoms with Gasteiger partial charge in [-0.25, -0.2) is 0 Å². The van der Waals surface area contributed by atoms with Crippen LogP contribution in [0.25, 0.3) is 32.9 Å². The molecule has 3 aromatic heterocycles. The van der Waals surface area contributed by atoms with Gasteiger partial charge >= 0.3 is 6.18 Å². The molecule has 2 aromatic carbocycles. The highest BCUT2D eigenvalue weighted by molar-refractivity contribution is 6.10. The highest BCUT2D eigenvalue weighted by Crippen LogP contribution is 2.35. The molecule has 5 aromatic rings. The van der Waals surface area contributed by atoms with Gasteiger partial charge in [0.1, 0.15) is 11.3 Å². The van der Waals surface area contributed by atoms with Gasteiger partial charge in [-0.1, -0.05) is 12.1 Å². The highest BCUT2D eigenvalue weighted by atomic mass is 19.4. The molecule has 0 aliphatic heterocycles. The summed E-state index contributed by atoms with van der Waals surface area (Å²) in [7, 11) is 1.29. The molecular formula is C21H15F3N6O. The first-order valence-electron chi connectivity index (χ1n) is 9.27.